The number of nitrogens with one attached hydrogen (secondary N) is 2. The van der Waals surface area contributed by atoms with Crippen LogP contribution in [0.5, 0.6) is 5.75 Å². The van der Waals surface area contributed by atoms with Crippen LogP contribution in [0.4, 0.5) is 5.69 Å². The number of methoxy groups -OCH3 is 1. The predicted molar refractivity (Wildman–Crippen MR) is 111 cm³/mol. The van der Waals surface area contributed by atoms with Gasteiger partial charge < -0.3 is 19.7 Å². The van der Waals surface area contributed by atoms with E-state index in [2.05, 4.69) is 15.8 Å². The van der Waals surface area contributed by atoms with Crippen LogP contribution >= 0.6 is 0 Å². The maximum atomic E-state index is 12.7. The molecule has 0 radical (unpaired) electrons. The average Bonchev–Trinajstić information content (AvgIpc) is 2.80. The summed E-state index contributed by atoms with van der Waals surface area (Å²) >= 11 is 0. The van der Waals surface area contributed by atoms with Gasteiger partial charge in [-0.25, -0.2) is 5.43 Å². The lowest BCUT2D eigenvalue weighted by Crippen LogP contribution is -2.41. The number of hydrazone groups is 1. The molecule has 2 aromatic rings. The fourth-order valence-electron chi connectivity index (χ4n) is 2.80. The number of benzene rings is 2. The molecule has 1 saturated heterocycles. The number of para-hydroxylation sites is 1. The Morgan fingerprint density at radius 2 is 1.73 bits per heavy atom. The Morgan fingerprint density at radius 3 is 2.43 bits per heavy atom. The summed E-state index contributed by atoms with van der Waals surface area (Å²) in [5, 5.41) is 6.25. The van der Waals surface area contributed by atoms with Crippen molar-refractivity contribution in [2.75, 3.05) is 38.7 Å². The van der Waals surface area contributed by atoms with E-state index in [1.807, 2.05) is 0 Å². The van der Waals surface area contributed by atoms with Crippen LogP contribution in [0.3, 0.4) is 0 Å². The van der Waals surface area contributed by atoms with Crippen LogP contribution in [0.2, 0.25) is 0 Å². The molecule has 0 atom stereocenters. The first-order valence-corrected chi connectivity index (χ1v) is 9.33. The molecule has 30 heavy (non-hydrogen) atoms. The van der Waals surface area contributed by atoms with E-state index in [9.17, 15) is 14.4 Å². The predicted octanol–water partition coefficient (Wildman–Crippen LogP) is 1.26. The molecule has 9 nitrogen and oxygen atoms in total. The van der Waals surface area contributed by atoms with Crippen molar-refractivity contribution in [3.05, 3.63) is 59.7 Å². The number of carbonyl (C=O) groups excluding carboxylic acids is 3. The number of ether oxygens (including phenoxy) is 2. The van der Waals surface area contributed by atoms with Gasteiger partial charge in [-0.1, -0.05) is 12.1 Å². The van der Waals surface area contributed by atoms with Gasteiger partial charge >= 0.3 is 11.8 Å². The first kappa shape index (κ1) is 21.0. The van der Waals surface area contributed by atoms with Gasteiger partial charge in [0.15, 0.2) is 0 Å². The zero-order valence-electron chi connectivity index (χ0n) is 16.5. The standard InChI is InChI=1S/C21H22N4O5/c1-29-16-8-6-15(7-9-16)14-22-24-20(27)19(26)23-18-5-3-2-4-17(18)21(28)25-10-12-30-13-11-25/h2-9,14H,10-13H2,1H3,(H,23,26)(H,24,27)/b22-14-. The lowest BCUT2D eigenvalue weighted by atomic mass is 10.1. The number of nitrogens with zero attached hydrogens (tertiary/aromatic N) is 2. The van der Waals surface area contributed by atoms with Gasteiger partial charge in [0.2, 0.25) is 0 Å². The molecule has 0 saturated carbocycles. The Bertz CT molecular complexity index is 937. The second kappa shape index (κ2) is 10.2. The molecule has 0 aliphatic carbocycles. The summed E-state index contributed by atoms with van der Waals surface area (Å²) in [5.74, 6) is -1.41. The quantitative estimate of drug-likeness (QED) is 0.438. The second-order valence-electron chi connectivity index (χ2n) is 6.38. The van der Waals surface area contributed by atoms with Gasteiger partial charge in [-0.2, -0.15) is 5.10 Å². The van der Waals surface area contributed by atoms with Crippen LogP contribution in [0, 0.1) is 0 Å². The summed E-state index contributed by atoms with van der Waals surface area (Å²) < 4.78 is 10.3. The SMILES string of the molecule is COc1ccc(/C=N\NC(=O)C(=O)Nc2ccccc2C(=O)N2CCOCC2)cc1. The van der Waals surface area contributed by atoms with Crippen molar-refractivity contribution in [2.24, 2.45) is 5.10 Å². The van der Waals surface area contributed by atoms with E-state index in [1.165, 1.54) is 6.21 Å². The van der Waals surface area contributed by atoms with Crippen LogP contribution in [-0.4, -0.2) is 62.2 Å². The number of rotatable bonds is 5. The second-order valence-corrected chi connectivity index (χ2v) is 6.38. The zero-order valence-corrected chi connectivity index (χ0v) is 16.5. The summed E-state index contributed by atoms with van der Waals surface area (Å²) in [6.45, 7) is 1.88. The zero-order chi connectivity index (χ0) is 21.3. The normalized spacial score (nSPS) is 13.7. The van der Waals surface area contributed by atoms with Crippen molar-refractivity contribution in [1.82, 2.24) is 10.3 Å². The van der Waals surface area contributed by atoms with Crippen molar-refractivity contribution in [2.45, 2.75) is 0 Å². The van der Waals surface area contributed by atoms with Crippen LogP contribution in [0.15, 0.2) is 53.6 Å². The highest BCUT2D eigenvalue weighted by Gasteiger charge is 2.22. The Morgan fingerprint density at radius 1 is 1.03 bits per heavy atom. The van der Waals surface area contributed by atoms with Gasteiger partial charge in [-0.3, -0.25) is 14.4 Å². The van der Waals surface area contributed by atoms with Crippen molar-refractivity contribution in [3.8, 4) is 5.75 Å². The molecule has 3 rings (SSSR count). The molecule has 156 valence electrons. The number of carbonyl (C=O) groups is 3. The number of amides is 3. The van der Waals surface area contributed by atoms with Crippen LogP contribution in [0.25, 0.3) is 0 Å². The molecule has 2 N–H and O–H groups in total. The highest BCUT2D eigenvalue weighted by molar-refractivity contribution is 6.40. The maximum Gasteiger partial charge on any atom is 0.329 e. The molecule has 3 amide bonds. The number of hydrogen-bond donors (Lipinski definition) is 2. The van der Waals surface area contributed by atoms with E-state index >= 15 is 0 Å². The summed E-state index contributed by atoms with van der Waals surface area (Å²) in [6, 6.07) is 13.5. The monoisotopic (exact) mass is 410 g/mol. The fourth-order valence-corrected chi connectivity index (χ4v) is 2.80. The molecule has 1 aliphatic heterocycles. The number of morpholine rings is 1. The molecule has 2 aromatic carbocycles. The smallest absolute Gasteiger partial charge is 0.329 e. The topological polar surface area (TPSA) is 109 Å². The molecule has 9 heteroatoms. The minimum absolute atomic E-state index is 0.230. The van der Waals surface area contributed by atoms with Crippen molar-refractivity contribution >= 4 is 29.6 Å². The Labute approximate surface area is 173 Å². The lowest BCUT2D eigenvalue weighted by Gasteiger charge is -2.27. The number of hydrogen-bond acceptors (Lipinski definition) is 6. The molecule has 0 unspecified atom stereocenters. The molecule has 0 aromatic heterocycles. The van der Waals surface area contributed by atoms with Gasteiger partial charge in [0, 0.05) is 13.1 Å². The highest BCUT2D eigenvalue weighted by Crippen LogP contribution is 2.18. The molecule has 1 fully saturated rings. The van der Waals surface area contributed by atoms with Gasteiger partial charge in [0.25, 0.3) is 5.91 Å². The van der Waals surface area contributed by atoms with Gasteiger partial charge in [-0.15, -0.1) is 0 Å². The van der Waals surface area contributed by atoms with E-state index in [1.54, 1.807) is 60.5 Å². The third-order valence-electron chi connectivity index (χ3n) is 4.41. The fraction of sp³-hybridized carbons (Fsp3) is 0.238. The van der Waals surface area contributed by atoms with E-state index < -0.39 is 11.8 Å². The molecule has 1 heterocycles. The summed E-state index contributed by atoms with van der Waals surface area (Å²) in [6.07, 6.45) is 1.40. The summed E-state index contributed by atoms with van der Waals surface area (Å²) in [5.41, 5.74) is 3.45. The largest absolute Gasteiger partial charge is 0.497 e. The van der Waals surface area contributed by atoms with E-state index in [0.717, 1.165) is 5.56 Å². The lowest BCUT2D eigenvalue weighted by molar-refractivity contribution is -0.136. The molecule has 1 aliphatic rings. The van der Waals surface area contributed by atoms with Crippen molar-refractivity contribution in [3.63, 3.8) is 0 Å². The van der Waals surface area contributed by atoms with E-state index in [4.69, 9.17) is 9.47 Å². The average molecular weight is 410 g/mol. The molecule has 0 bridgehead atoms. The van der Waals surface area contributed by atoms with Crippen molar-refractivity contribution in [1.29, 1.82) is 0 Å². The van der Waals surface area contributed by atoms with Crippen LogP contribution < -0.4 is 15.5 Å². The Kier molecular flexibility index (Phi) is 7.12. The molecular weight excluding hydrogens is 388 g/mol. The van der Waals surface area contributed by atoms with Crippen molar-refractivity contribution < 1.29 is 23.9 Å². The Balaban J connectivity index is 1.60. The van der Waals surface area contributed by atoms with Crippen LogP contribution in [-0.2, 0) is 14.3 Å². The van der Waals surface area contributed by atoms with Gasteiger partial charge in [-0.05, 0) is 42.0 Å². The minimum Gasteiger partial charge on any atom is -0.497 e. The van der Waals surface area contributed by atoms with E-state index in [-0.39, 0.29) is 11.6 Å². The first-order chi connectivity index (χ1) is 14.6. The van der Waals surface area contributed by atoms with E-state index in [0.29, 0.717) is 37.6 Å². The highest BCUT2D eigenvalue weighted by atomic mass is 16.5. The summed E-state index contributed by atoms with van der Waals surface area (Å²) in [7, 11) is 1.56. The maximum absolute atomic E-state index is 12.7. The number of anilines is 1. The van der Waals surface area contributed by atoms with Crippen LogP contribution in [0.1, 0.15) is 15.9 Å². The summed E-state index contributed by atoms with van der Waals surface area (Å²) in [4.78, 5) is 38.7. The molecular formula is C21H22N4O5. The minimum atomic E-state index is -0.951. The Hall–Kier alpha value is -3.72. The third-order valence-corrected chi connectivity index (χ3v) is 4.41. The van der Waals surface area contributed by atoms with Gasteiger partial charge in [0.1, 0.15) is 5.75 Å². The first-order valence-electron chi connectivity index (χ1n) is 9.33. The molecule has 0 spiro atoms. The third kappa shape index (κ3) is 5.42. The van der Waals surface area contributed by atoms with Gasteiger partial charge in [0.05, 0.1) is 37.8 Å².